The molecule has 0 heterocycles. The Morgan fingerprint density at radius 3 is 1.21 bits per heavy atom. The predicted octanol–water partition coefficient (Wildman–Crippen LogP) is 4.80. The summed E-state index contributed by atoms with van der Waals surface area (Å²) >= 11 is -1.22. The Hall–Kier alpha value is -2.04. The van der Waals surface area contributed by atoms with Gasteiger partial charge in [-0.2, -0.15) is 0 Å². The molecule has 0 spiro atoms. The summed E-state index contributed by atoms with van der Waals surface area (Å²) in [6.07, 6.45) is 0. The number of rotatable bonds is 3. The maximum absolute atomic E-state index is 9.75. The monoisotopic (exact) mass is 454 g/mol. The Kier molecular flexibility index (Phi) is 7.51. The van der Waals surface area contributed by atoms with E-state index < -0.39 is 21.2 Å². The summed E-state index contributed by atoms with van der Waals surface area (Å²) in [6.45, 7) is 6.80. The van der Waals surface area contributed by atoms with Crippen molar-refractivity contribution in [3.05, 3.63) is 90.5 Å². The topological polar surface area (TPSA) is 0 Å². The van der Waals surface area contributed by atoms with E-state index >= 15 is 0 Å². The standard InChI is InChI=1S/C22H23Se.BF4/c1-22(2,3)18-14-16-21(17-15-18)23(19-10-6-4-7-11-19)20-12-8-5-9-13-20;2-1(3,4)5/h4-17H,1-3H3;/q+1;-1. The summed E-state index contributed by atoms with van der Waals surface area (Å²) in [6, 6.07) is 31.2. The van der Waals surface area contributed by atoms with E-state index in [1.54, 1.807) is 0 Å². The molecule has 0 saturated heterocycles. The molecule has 0 saturated carbocycles. The van der Waals surface area contributed by atoms with Gasteiger partial charge >= 0.3 is 151 Å². The first-order valence-electron chi connectivity index (χ1n) is 8.88. The second-order valence-electron chi connectivity index (χ2n) is 7.20. The van der Waals surface area contributed by atoms with Gasteiger partial charge < -0.3 is 17.3 Å². The minimum atomic E-state index is -6.00. The SMILES string of the molecule is CC(C)(C)c1ccc([Se+](c2ccccc2)c2ccccc2)cc1.F[B-](F)(F)F. The van der Waals surface area contributed by atoms with E-state index in [-0.39, 0.29) is 5.41 Å². The van der Waals surface area contributed by atoms with E-state index in [9.17, 15) is 17.3 Å². The Balaban J connectivity index is 0.000000500. The molecule has 0 amide bonds. The van der Waals surface area contributed by atoms with E-state index in [4.69, 9.17) is 0 Å². The van der Waals surface area contributed by atoms with Crippen molar-refractivity contribution < 1.29 is 17.3 Å². The Morgan fingerprint density at radius 2 is 0.893 bits per heavy atom. The van der Waals surface area contributed by atoms with E-state index in [1.165, 1.54) is 18.9 Å². The van der Waals surface area contributed by atoms with Crippen LogP contribution in [0.3, 0.4) is 0 Å². The van der Waals surface area contributed by atoms with Crippen molar-refractivity contribution in [2.45, 2.75) is 26.2 Å². The Morgan fingerprint density at radius 1 is 0.571 bits per heavy atom. The van der Waals surface area contributed by atoms with Crippen molar-refractivity contribution in [3.8, 4) is 0 Å². The number of hydrogen-bond acceptors (Lipinski definition) is 0. The van der Waals surface area contributed by atoms with E-state index in [1.807, 2.05) is 0 Å². The zero-order valence-corrected chi connectivity index (χ0v) is 17.8. The van der Waals surface area contributed by atoms with Crippen LogP contribution in [0.2, 0.25) is 0 Å². The van der Waals surface area contributed by atoms with Crippen LogP contribution < -0.4 is 13.4 Å². The molecule has 0 fully saturated rings. The summed E-state index contributed by atoms with van der Waals surface area (Å²) in [4.78, 5) is 0. The third kappa shape index (κ3) is 7.18. The number of hydrogen-bond donors (Lipinski definition) is 0. The van der Waals surface area contributed by atoms with Crippen LogP contribution in [0.25, 0.3) is 0 Å². The van der Waals surface area contributed by atoms with Crippen molar-refractivity contribution in [2.75, 3.05) is 0 Å². The summed E-state index contributed by atoms with van der Waals surface area (Å²) < 4.78 is 43.4. The van der Waals surface area contributed by atoms with Gasteiger partial charge in [-0.3, -0.25) is 0 Å². The Labute approximate surface area is 168 Å². The molecule has 0 radical (unpaired) electrons. The van der Waals surface area contributed by atoms with Crippen LogP contribution in [0.5, 0.6) is 0 Å². The van der Waals surface area contributed by atoms with Gasteiger partial charge in [0.25, 0.3) is 0 Å². The van der Waals surface area contributed by atoms with Gasteiger partial charge in [0, 0.05) is 0 Å². The first kappa shape index (κ1) is 22.3. The molecule has 0 atom stereocenters. The smallest absolute Gasteiger partial charge is 0.418 e. The van der Waals surface area contributed by atoms with Crippen LogP contribution in [0.15, 0.2) is 84.9 Å². The van der Waals surface area contributed by atoms with Gasteiger partial charge in [0.2, 0.25) is 0 Å². The predicted molar refractivity (Wildman–Crippen MR) is 113 cm³/mol. The van der Waals surface area contributed by atoms with Gasteiger partial charge in [-0.1, -0.05) is 0 Å². The molecule has 3 aromatic rings. The third-order valence-corrected chi connectivity index (χ3v) is 8.59. The van der Waals surface area contributed by atoms with E-state index in [0.717, 1.165) is 0 Å². The van der Waals surface area contributed by atoms with Crippen molar-refractivity contribution in [1.29, 1.82) is 0 Å². The Bertz CT molecular complexity index is 796. The minimum absolute atomic E-state index is 0.202. The third-order valence-electron chi connectivity index (χ3n) is 3.91. The van der Waals surface area contributed by atoms with Crippen LogP contribution in [0.1, 0.15) is 26.3 Å². The largest absolute Gasteiger partial charge is 0.673 e. The zero-order valence-electron chi connectivity index (χ0n) is 16.1. The fourth-order valence-corrected chi connectivity index (χ4v) is 6.98. The van der Waals surface area contributed by atoms with Gasteiger partial charge in [-0.15, -0.1) is 0 Å². The maximum atomic E-state index is 9.75. The average Bonchev–Trinajstić information content (AvgIpc) is 2.62. The summed E-state index contributed by atoms with van der Waals surface area (Å²) in [5, 5.41) is 0. The summed E-state index contributed by atoms with van der Waals surface area (Å²) in [5.41, 5.74) is 1.60. The fourth-order valence-electron chi connectivity index (χ4n) is 2.61. The van der Waals surface area contributed by atoms with Crippen molar-refractivity contribution in [1.82, 2.24) is 0 Å². The molecule has 3 rings (SSSR count). The van der Waals surface area contributed by atoms with Gasteiger partial charge in [0.1, 0.15) is 0 Å². The van der Waals surface area contributed by atoms with Gasteiger partial charge in [-0.05, 0) is 0 Å². The van der Waals surface area contributed by atoms with E-state index in [2.05, 4.69) is 106 Å². The molecule has 0 aliphatic heterocycles. The van der Waals surface area contributed by atoms with Crippen molar-refractivity contribution >= 4 is 34.5 Å². The van der Waals surface area contributed by atoms with Crippen LogP contribution >= 0.6 is 0 Å². The normalized spacial score (nSPS) is 11.7. The quantitative estimate of drug-likeness (QED) is 0.395. The molecule has 148 valence electrons. The van der Waals surface area contributed by atoms with E-state index in [0.29, 0.717) is 0 Å². The first-order chi connectivity index (χ1) is 13.1. The molecule has 0 aromatic heterocycles. The zero-order chi connectivity index (χ0) is 20.8. The van der Waals surface area contributed by atoms with Crippen molar-refractivity contribution in [2.24, 2.45) is 0 Å². The molecule has 0 nitrogen and oxygen atoms in total. The van der Waals surface area contributed by atoms with Crippen molar-refractivity contribution in [3.63, 3.8) is 0 Å². The minimum Gasteiger partial charge on any atom is -0.418 e. The molecule has 0 bridgehead atoms. The second-order valence-corrected chi connectivity index (χ2v) is 11.5. The van der Waals surface area contributed by atoms with Crippen LogP contribution in [0, 0.1) is 0 Å². The fraction of sp³-hybridized carbons (Fsp3) is 0.182. The van der Waals surface area contributed by atoms with Crippen LogP contribution in [0.4, 0.5) is 17.3 Å². The summed E-state index contributed by atoms with van der Waals surface area (Å²) in [7, 11) is -6.00. The maximum Gasteiger partial charge on any atom is 0.673 e. The molecule has 0 unspecified atom stereocenters. The average molecular weight is 453 g/mol. The van der Waals surface area contributed by atoms with Gasteiger partial charge in [0.15, 0.2) is 0 Å². The van der Waals surface area contributed by atoms with Gasteiger partial charge in [-0.25, -0.2) is 0 Å². The van der Waals surface area contributed by atoms with Crippen LogP contribution in [-0.4, -0.2) is 21.2 Å². The van der Waals surface area contributed by atoms with Crippen LogP contribution in [-0.2, 0) is 5.41 Å². The molecule has 0 aliphatic rings. The second kappa shape index (κ2) is 9.44. The molecule has 0 N–H and O–H groups in total. The first-order valence-corrected chi connectivity index (χ1v) is 11.4. The van der Waals surface area contributed by atoms with Gasteiger partial charge in [0.05, 0.1) is 0 Å². The number of halogens is 4. The molecular weight excluding hydrogens is 430 g/mol. The molecule has 0 aliphatic carbocycles. The molecular formula is C22H23BF4Se. The summed E-state index contributed by atoms with van der Waals surface area (Å²) in [5.74, 6) is 0. The number of benzene rings is 3. The molecule has 6 heteroatoms. The molecule has 28 heavy (non-hydrogen) atoms. The molecule has 3 aromatic carbocycles.